The van der Waals surface area contributed by atoms with E-state index in [0.717, 1.165) is 31.8 Å². The second kappa shape index (κ2) is 9.89. The van der Waals surface area contributed by atoms with Crippen LogP contribution < -0.4 is 0 Å². The zero-order valence-electron chi connectivity index (χ0n) is 12.8. The summed E-state index contributed by atoms with van der Waals surface area (Å²) in [6, 6.07) is 10.4. The van der Waals surface area contributed by atoms with Crippen LogP contribution in [-0.2, 0) is 11.3 Å². The lowest BCUT2D eigenvalue weighted by Crippen LogP contribution is -2.27. The summed E-state index contributed by atoms with van der Waals surface area (Å²) in [5, 5.41) is 0. The molecule has 1 heterocycles. The molecule has 1 aliphatic rings. The van der Waals surface area contributed by atoms with Crippen molar-refractivity contribution < 1.29 is 4.74 Å². The topological polar surface area (TPSA) is 12.5 Å². The van der Waals surface area contributed by atoms with Crippen LogP contribution in [0.2, 0.25) is 0 Å². The summed E-state index contributed by atoms with van der Waals surface area (Å²) < 4.78 is 7.53. The molecule has 0 aromatic heterocycles. The first-order chi connectivity index (χ1) is 9.58. The molecule has 1 aromatic carbocycles. The van der Waals surface area contributed by atoms with Crippen LogP contribution >= 0.6 is 12.8 Å². The van der Waals surface area contributed by atoms with E-state index in [4.69, 9.17) is 4.74 Å². The molecule has 2 rings (SSSR count). The van der Waals surface area contributed by atoms with E-state index in [9.17, 15) is 0 Å². The summed E-state index contributed by atoms with van der Waals surface area (Å²) in [4.78, 5) is 0. The van der Waals surface area contributed by atoms with Crippen LogP contribution in [0.1, 0.15) is 39.2 Å². The molecule has 1 unspecified atom stereocenters. The molecular weight excluding hydrogens is 266 g/mol. The van der Waals surface area contributed by atoms with Crippen molar-refractivity contribution in [2.24, 2.45) is 5.92 Å². The minimum absolute atomic E-state index is 0.284. The number of allylic oxidation sites excluding steroid dienone is 1. The molecule has 0 amide bonds. The maximum atomic E-state index is 5.52. The molecule has 0 saturated carbocycles. The molecule has 0 N–H and O–H groups in total. The Morgan fingerprint density at radius 1 is 1.25 bits per heavy atom. The van der Waals surface area contributed by atoms with Crippen molar-refractivity contribution in [3.8, 4) is 0 Å². The Bertz CT molecular complexity index is 375. The molecule has 1 aliphatic heterocycles. The highest BCUT2D eigenvalue weighted by Crippen LogP contribution is 2.14. The molecule has 20 heavy (non-hydrogen) atoms. The minimum Gasteiger partial charge on any atom is -0.497 e. The van der Waals surface area contributed by atoms with Gasteiger partial charge in [0.25, 0.3) is 0 Å². The van der Waals surface area contributed by atoms with Crippen LogP contribution in [0.4, 0.5) is 0 Å². The molecule has 1 aromatic rings. The molecular formula is C17H27NOS. The van der Waals surface area contributed by atoms with E-state index in [-0.39, 0.29) is 6.10 Å². The molecule has 0 fully saturated rings. The van der Waals surface area contributed by atoms with E-state index in [2.05, 4.69) is 63.9 Å². The van der Waals surface area contributed by atoms with Gasteiger partial charge in [0.05, 0.1) is 6.26 Å². The number of hydrogen-bond acceptors (Lipinski definition) is 3. The van der Waals surface area contributed by atoms with Crippen LogP contribution in [-0.4, -0.2) is 17.0 Å². The van der Waals surface area contributed by atoms with Gasteiger partial charge in [-0.2, -0.15) is 0 Å². The number of thiol groups is 1. The quantitative estimate of drug-likeness (QED) is 0.809. The standard InChI is InChI=1S/C13H17NOS.C4H10/c16-14(10-12-6-2-1-3-7-12)11-13-8-4-5-9-15-13;1-4(2)3/h1-3,5-7,9,13,16H,4,8,10-11H2;4H,1-3H3. The first kappa shape index (κ1) is 17.1. The van der Waals surface area contributed by atoms with Crippen LogP contribution in [0.3, 0.4) is 0 Å². The number of benzene rings is 1. The zero-order chi connectivity index (χ0) is 14.8. The first-order valence-electron chi connectivity index (χ1n) is 7.36. The van der Waals surface area contributed by atoms with Crippen LogP contribution in [0.25, 0.3) is 0 Å². The van der Waals surface area contributed by atoms with Crippen molar-refractivity contribution in [3.63, 3.8) is 0 Å². The number of nitrogens with zero attached hydrogens (tertiary/aromatic N) is 1. The number of hydrogen-bond donors (Lipinski definition) is 1. The number of ether oxygens (including phenoxy) is 1. The lowest BCUT2D eigenvalue weighted by Gasteiger charge is -2.24. The summed E-state index contributed by atoms with van der Waals surface area (Å²) >= 11 is 4.48. The van der Waals surface area contributed by atoms with Gasteiger partial charge >= 0.3 is 0 Å². The third-order valence-corrected chi connectivity index (χ3v) is 2.95. The third kappa shape index (κ3) is 8.28. The molecule has 0 radical (unpaired) electrons. The summed E-state index contributed by atoms with van der Waals surface area (Å²) in [7, 11) is 0. The van der Waals surface area contributed by atoms with Crippen molar-refractivity contribution in [2.75, 3.05) is 6.54 Å². The summed E-state index contributed by atoms with van der Waals surface area (Å²) in [6.45, 7) is 8.22. The Kier molecular flexibility index (Phi) is 8.47. The van der Waals surface area contributed by atoms with Crippen molar-refractivity contribution >= 4 is 12.8 Å². The first-order valence-corrected chi connectivity index (χ1v) is 7.76. The lowest BCUT2D eigenvalue weighted by molar-refractivity contribution is 0.105. The highest BCUT2D eigenvalue weighted by atomic mass is 32.1. The van der Waals surface area contributed by atoms with Crippen LogP contribution in [0.5, 0.6) is 0 Å². The van der Waals surface area contributed by atoms with Gasteiger partial charge in [-0.05, 0) is 30.4 Å². The Labute approximate surface area is 129 Å². The molecule has 112 valence electrons. The molecule has 0 spiro atoms. The van der Waals surface area contributed by atoms with Gasteiger partial charge in [0, 0.05) is 13.1 Å². The monoisotopic (exact) mass is 293 g/mol. The van der Waals surface area contributed by atoms with Crippen molar-refractivity contribution in [1.29, 1.82) is 0 Å². The maximum Gasteiger partial charge on any atom is 0.112 e. The second-order valence-corrected chi connectivity index (χ2v) is 6.34. The van der Waals surface area contributed by atoms with Crippen molar-refractivity contribution in [1.82, 2.24) is 4.31 Å². The SMILES string of the molecule is CC(C)C.SN(Cc1ccccc1)CC1CCC=CO1. The minimum atomic E-state index is 0.284. The van der Waals surface area contributed by atoms with Crippen molar-refractivity contribution in [3.05, 3.63) is 48.2 Å². The maximum absolute atomic E-state index is 5.52. The molecule has 2 nitrogen and oxygen atoms in total. The molecule has 3 heteroatoms. The van der Waals surface area contributed by atoms with Crippen LogP contribution in [0, 0.1) is 5.92 Å². The van der Waals surface area contributed by atoms with E-state index in [1.165, 1.54) is 5.56 Å². The Morgan fingerprint density at radius 2 is 1.90 bits per heavy atom. The Hall–Kier alpha value is -0.930. The van der Waals surface area contributed by atoms with Crippen LogP contribution in [0.15, 0.2) is 42.7 Å². The average Bonchev–Trinajstić information content (AvgIpc) is 2.40. The third-order valence-electron chi connectivity index (χ3n) is 2.64. The average molecular weight is 293 g/mol. The smallest absolute Gasteiger partial charge is 0.112 e. The van der Waals surface area contributed by atoms with Gasteiger partial charge in [-0.15, -0.1) is 0 Å². The predicted octanol–water partition coefficient (Wildman–Crippen LogP) is 4.69. The Balaban J connectivity index is 0.000000444. The fourth-order valence-corrected chi connectivity index (χ4v) is 2.16. The fourth-order valence-electron chi connectivity index (χ4n) is 1.81. The summed E-state index contributed by atoms with van der Waals surface area (Å²) in [6.07, 6.45) is 6.35. The molecule has 0 saturated heterocycles. The van der Waals surface area contributed by atoms with Gasteiger partial charge in [-0.3, -0.25) is 0 Å². The molecule has 1 atom stereocenters. The highest BCUT2D eigenvalue weighted by molar-refractivity contribution is 7.77. The van der Waals surface area contributed by atoms with E-state index in [1.54, 1.807) is 6.26 Å². The largest absolute Gasteiger partial charge is 0.497 e. The summed E-state index contributed by atoms with van der Waals surface area (Å²) in [5.41, 5.74) is 1.28. The summed E-state index contributed by atoms with van der Waals surface area (Å²) in [5.74, 6) is 0.833. The van der Waals surface area contributed by atoms with Gasteiger partial charge in [-0.25, -0.2) is 4.31 Å². The van der Waals surface area contributed by atoms with E-state index < -0.39 is 0 Å². The predicted molar refractivity (Wildman–Crippen MR) is 89.6 cm³/mol. The van der Waals surface area contributed by atoms with E-state index >= 15 is 0 Å². The van der Waals surface area contributed by atoms with Gasteiger partial charge in [0.2, 0.25) is 0 Å². The number of rotatable bonds is 4. The Morgan fingerprint density at radius 3 is 2.45 bits per heavy atom. The van der Waals surface area contributed by atoms with Crippen molar-refractivity contribution in [2.45, 2.75) is 46.3 Å². The van der Waals surface area contributed by atoms with Gasteiger partial charge in [0.1, 0.15) is 6.10 Å². The zero-order valence-corrected chi connectivity index (χ0v) is 13.7. The van der Waals surface area contributed by atoms with Gasteiger partial charge in [0.15, 0.2) is 0 Å². The lowest BCUT2D eigenvalue weighted by atomic mass is 10.1. The van der Waals surface area contributed by atoms with Gasteiger partial charge in [-0.1, -0.05) is 63.9 Å². The van der Waals surface area contributed by atoms with E-state index in [0.29, 0.717) is 0 Å². The molecule has 0 aliphatic carbocycles. The highest BCUT2D eigenvalue weighted by Gasteiger charge is 2.14. The molecule has 0 bridgehead atoms. The van der Waals surface area contributed by atoms with E-state index in [1.807, 2.05) is 10.4 Å². The fraction of sp³-hybridized carbons (Fsp3) is 0.529. The normalized spacial score (nSPS) is 17.6. The van der Waals surface area contributed by atoms with Gasteiger partial charge < -0.3 is 4.74 Å². The second-order valence-electron chi connectivity index (χ2n) is 5.77.